The van der Waals surface area contributed by atoms with Gasteiger partial charge >= 0.3 is 5.97 Å². The molecule has 1 heterocycles. The number of piperazine rings is 1. The lowest BCUT2D eigenvalue weighted by Gasteiger charge is -2.36. The Kier molecular flexibility index (Phi) is 8.72. The molecule has 1 aliphatic rings. The van der Waals surface area contributed by atoms with Gasteiger partial charge in [0, 0.05) is 42.5 Å². The van der Waals surface area contributed by atoms with Crippen molar-refractivity contribution < 1.29 is 19.1 Å². The van der Waals surface area contributed by atoms with Crippen LogP contribution in [-0.2, 0) is 14.3 Å². The Labute approximate surface area is 199 Å². The van der Waals surface area contributed by atoms with Crippen LogP contribution in [0.2, 0.25) is 5.02 Å². The van der Waals surface area contributed by atoms with Gasteiger partial charge in [0.05, 0.1) is 0 Å². The summed E-state index contributed by atoms with van der Waals surface area (Å²) in [6.07, 6.45) is 0.405. The average molecular weight is 472 g/mol. The van der Waals surface area contributed by atoms with E-state index in [1.807, 2.05) is 44.2 Å². The predicted octanol–water partition coefficient (Wildman–Crippen LogP) is 3.38. The van der Waals surface area contributed by atoms with Crippen molar-refractivity contribution in [1.82, 2.24) is 10.2 Å². The summed E-state index contributed by atoms with van der Waals surface area (Å²) in [5.41, 5.74) is 1.53. The highest BCUT2D eigenvalue weighted by molar-refractivity contribution is 6.30. The zero-order chi connectivity index (χ0) is 23.8. The number of anilines is 1. The maximum absolute atomic E-state index is 12.7. The third kappa shape index (κ3) is 7.22. The van der Waals surface area contributed by atoms with E-state index in [-0.39, 0.29) is 18.4 Å². The summed E-state index contributed by atoms with van der Waals surface area (Å²) >= 11 is 5.87. The third-order valence-electron chi connectivity index (χ3n) is 5.49. The van der Waals surface area contributed by atoms with Crippen LogP contribution in [0.3, 0.4) is 0 Å². The van der Waals surface area contributed by atoms with E-state index in [0.717, 1.165) is 18.8 Å². The second-order valence-electron chi connectivity index (χ2n) is 8.47. The number of hydrogen-bond acceptors (Lipinski definition) is 5. The second-order valence-corrected chi connectivity index (χ2v) is 8.91. The fourth-order valence-electron chi connectivity index (χ4n) is 3.71. The molecule has 3 rings (SSSR count). The van der Waals surface area contributed by atoms with Crippen molar-refractivity contribution >= 4 is 35.1 Å². The Morgan fingerprint density at radius 3 is 2.21 bits per heavy atom. The van der Waals surface area contributed by atoms with Gasteiger partial charge in [0.25, 0.3) is 11.8 Å². The summed E-state index contributed by atoms with van der Waals surface area (Å²) in [5.74, 6) is -1.09. The van der Waals surface area contributed by atoms with Crippen LogP contribution in [0.5, 0.6) is 0 Å². The van der Waals surface area contributed by atoms with Crippen molar-refractivity contribution in [3.8, 4) is 0 Å². The van der Waals surface area contributed by atoms with Crippen LogP contribution < -0.4 is 10.2 Å². The van der Waals surface area contributed by atoms with E-state index in [1.54, 1.807) is 29.2 Å². The molecule has 0 saturated carbocycles. The van der Waals surface area contributed by atoms with Gasteiger partial charge < -0.3 is 19.9 Å². The van der Waals surface area contributed by atoms with Gasteiger partial charge in [0.2, 0.25) is 0 Å². The Balaban J connectivity index is 1.50. The average Bonchev–Trinajstić information content (AvgIpc) is 2.82. The molecule has 0 bridgehead atoms. The number of ether oxygens (including phenoxy) is 1. The Morgan fingerprint density at radius 1 is 0.970 bits per heavy atom. The molecule has 2 aromatic rings. The number of carbonyl (C=O) groups excluding carboxylic acids is 3. The van der Waals surface area contributed by atoms with Crippen LogP contribution >= 0.6 is 11.6 Å². The van der Waals surface area contributed by atoms with Crippen LogP contribution in [0, 0.1) is 5.92 Å². The van der Waals surface area contributed by atoms with Gasteiger partial charge in [-0.3, -0.25) is 9.59 Å². The van der Waals surface area contributed by atoms with Crippen molar-refractivity contribution in [3.05, 3.63) is 65.2 Å². The number of rotatable bonds is 8. The lowest BCUT2D eigenvalue weighted by Crippen LogP contribution is -2.50. The first kappa shape index (κ1) is 24.6. The highest BCUT2D eigenvalue weighted by Crippen LogP contribution is 2.16. The molecule has 0 aromatic heterocycles. The predicted molar refractivity (Wildman–Crippen MR) is 128 cm³/mol. The van der Waals surface area contributed by atoms with E-state index in [9.17, 15) is 14.4 Å². The molecule has 1 saturated heterocycles. The molecule has 1 atom stereocenters. The fourth-order valence-corrected chi connectivity index (χ4v) is 3.83. The largest absolute Gasteiger partial charge is 0.454 e. The molecular weight excluding hydrogens is 442 g/mol. The minimum absolute atomic E-state index is 0.148. The van der Waals surface area contributed by atoms with Crippen LogP contribution in [0.4, 0.5) is 5.69 Å². The van der Waals surface area contributed by atoms with Crippen molar-refractivity contribution in [2.45, 2.75) is 26.3 Å². The van der Waals surface area contributed by atoms with Crippen LogP contribution in [0.1, 0.15) is 30.6 Å². The maximum atomic E-state index is 12.7. The topological polar surface area (TPSA) is 78.9 Å². The van der Waals surface area contributed by atoms with Crippen molar-refractivity contribution in [2.24, 2.45) is 5.92 Å². The van der Waals surface area contributed by atoms with Gasteiger partial charge in [-0.1, -0.05) is 43.6 Å². The zero-order valence-corrected chi connectivity index (χ0v) is 19.8. The second kappa shape index (κ2) is 11.7. The molecular formula is C25H30ClN3O4. The molecule has 0 radical (unpaired) electrons. The number of nitrogens with one attached hydrogen (secondary N) is 1. The Bertz CT molecular complexity index is 942. The lowest BCUT2D eigenvalue weighted by molar-refractivity contribution is -0.154. The van der Waals surface area contributed by atoms with Gasteiger partial charge in [0.15, 0.2) is 6.61 Å². The minimum atomic E-state index is -0.837. The molecule has 8 heteroatoms. The van der Waals surface area contributed by atoms with Crippen LogP contribution in [0.15, 0.2) is 54.6 Å². The van der Waals surface area contributed by atoms with Gasteiger partial charge in [-0.05, 0) is 48.7 Å². The molecule has 1 fully saturated rings. The van der Waals surface area contributed by atoms with Gasteiger partial charge in [-0.2, -0.15) is 0 Å². The minimum Gasteiger partial charge on any atom is -0.454 e. The molecule has 0 spiro atoms. The monoisotopic (exact) mass is 471 g/mol. The molecule has 1 unspecified atom stereocenters. The molecule has 33 heavy (non-hydrogen) atoms. The summed E-state index contributed by atoms with van der Waals surface area (Å²) < 4.78 is 5.31. The molecule has 2 aromatic carbocycles. The van der Waals surface area contributed by atoms with Crippen molar-refractivity contribution in [3.63, 3.8) is 0 Å². The van der Waals surface area contributed by atoms with Crippen LogP contribution in [-0.4, -0.2) is 61.5 Å². The molecule has 1 aliphatic heterocycles. The summed E-state index contributed by atoms with van der Waals surface area (Å²) in [7, 11) is 0. The first-order valence-electron chi connectivity index (χ1n) is 11.1. The van der Waals surface area contributed by atoms with E-state index >= 15 is 0 Å². The van der Waals surface area contributed by atoms with E-state index in [2.05, 4.69) is 10.2 Å². The first-order chi connectivity index (χ1) is 15.8. The number of hydrogen-bond donors (Lipinski definition) is 1. The van der Waals surface area contributed by atoms with Gasteiger partial charge in [-0.15, -0.1) is 0 Å². The number of carbonyl (C=O) groups is 3. The SMILES string of the molecule is CC(C)CC(NC(=O)c1ccc(Cl)cc1)C(=O)OCC(=O)N1CCN(c2ccccc2)CC1. The summed E-state index contributed by atoms with van der Waals surface area (Å²) in [5, 5.41) is 3.24. The number of nitrogens with zero attached hydrogens (tertiary/aromatic N) is 2. The number of esters is 1. The zero-order valence-electron chi connectivity index (χ0n) is 19.0. The van der Waals surface area contributed by atoms with Crippen molar-refractivity contribution in [1.29, 1.82) is 0 Å². The summed E-state index contributed by atoms with van der Waals surface area (Å²) in [6.45, 7) is 6.13. The standard InChI is InChI=1S/C25H30ClN3O4/c1-18(2)16-22(27-24(31)19-8-10-20(26)11-9-19)25(32)33-17-23(30)29-14-12-28(13-15-29)21-6-4-3-5-7-21/h3-11,18,22H,12-17H2,1-2H3,(H,27,31). The van der Waals surface area contributed by atoms with E-state index < -0.39 is 17.9 Å². The third-order valence-corrected chi connectivity index (χ3v) is 5.75. The van der Waals surface area contributed by atoms with E-state index in [4.69, 9.17) is 16.3 Å². The first-order valence-corrected chi connectivity index (χ1v) is 11.5. The number of para-hydroxylation sites is 1. The Morgan fingerprint density at radius 2 is 1.61 bits per heavy atom. The van der Waals surface area contributed by atoms with E-state index in [1.165, 1.54) is 0 Å². The number of benzene rings is 2. The van der Waals surface area contributed by atoms with Crippen molar-refractivity contribution in [2.75, 3.05) is 37.7 Å². The normalized spacial score (nSPS) is 14.7. The summed E-state index contributed by atoms with van der Waals surface area (Å²) in [4.78, 5) is 41.8. The summed E-state index contributed by atoms with van der Waals surface area (Å²) in [6, 6.07) is 15.6. The number of halogens is 1. The van der Waals surface area contributed by atoms with Crippen LogP contribution in [0.25, 0.3) is 0 Å². The molecule has 176 valence electrons. The molecule has 2 amide bonds. The van der Waals surface area contributed by atoms with E-state index in [0.29, 0.717) is 30.1 Å². The molecule has 1 N–H and O–H groups in total. The van der Waals surface area contributed by atoms with Gasteiger partial charge in [-0.25, -0.2) is 4.79 Å². The smallest absolute Gasteiger partial charge is 0.329 e. The van der Waals surface area contributed by atoms with Gasteiger partial charge in [0.1, 0.15) is 6.04 Å². The fraction of sp³-hybridized carbons (Fsp3) is 0.400. The maximum Gasteiger partial charge on any atom is 0.329 e. The molecule has 7 nitrogen and oxygen atoms in total. The quantitative estimate of drug-likeness (QED) is 0.597. The molecule has 0 aliphatic carbocycles. The lowest BCUT2D eigenvalue weighted by atomic mass is 10.0. The highest BCUT2D eigenvalue weighted by Gasteiger charge is 2.27. The number of amides is 2. The highest BCUT2D eigenvalue weighted by atomic mass is 35.5. The Hall–Kier alpha value is -3.06.